The number of hydrogen-bond donors (Lipinski definition) is 0. The van der Waals surface area contributed by atoms with Gasteiger partial charge in [0.15, 0.2) is 6.10 Å². The highest BCUT2D eigenvalue weighted by Crippen LogP contribution is 2.45. The maximum atomic E-state index is 13.5. The maximum absolute atomic E-state index is 13.5. The molecule has 5 rings (SSSR count). The van der Waals surface area contributed by atoms with Gasteiger partial charge in [-0.2, -0.15) is 5.10 Å². The van der Waals surface area contributed by atoms with Gasteiger partial charge in [-0.1, -0.05) is 67.2 Å². The first-order valence-electron chi connectivity index (χ1n) is 9.98. The fraction of sp³-hybridized carbons (Fsp3) is 0.0769. The summed E-state index contributed by atoms with van der Waals surface area (Å²) in [7, 11) is 0. The van der Waals surface area contributed by atoms with Gasteiger partial charge in [-0.15, -0.1) is 0 Å². The van der Waals surface area contributed by atoms with Crippen molar-refractivity contribution in [3.05, 3.63) is 120 Å². The highest BCUT2D eigenvalue weighted by Gasteiger charge is 2.42. The highest BCUT2D eigenvalue weighted by atomic mass is 19.1. The zero-order chi connectivity index (χ0) is 21.4. The van der Waals surface area contributed by atoms with Gasteiger partial charge in [-0.3, -0.25) is 0 Å². The predicted octanol–water partition coefficient (Wildman–Crippen LogP) is 5.62. The molecular weight excluding hydrogens is 391 g/mol. The first-order valence-corrected chi connectivity index (χ1v) is 9.98. The van der Waals surface area contributed by atoms with E-state index >= 15 is 0 Å². The number of cyclic esters (lactones) is 1. The fourth-order valence-corrected chi connectivity index (χ4v) is 3.96. The highest BCUT2D eigenvalue weighted by molar-refractivity contribution is 5.92. The van der Waals surface area contributed by atoms with E-state index in [9.17, 15) is 9.18 Å². The number of carbonyl (C=O) groups is 1. The van der Waals surface area contributed by atoms with Crippen LogP contribution in [0.15, 0.2) is 103 Å². The van der Waals surface area contributed by atoms with Crippen LogP contribution in [-0.2, 0) is 9.53 Å². The minimum Gasteiger partial charge on any atom is -0.451 e. The molecule has 2 atom stereocenters. The Morgan fingerprint density at radius 1 is 0.903 bits per heavy atom. The van der Waals surface area contributed by atoms with E-state index in [-0.39, 0.29) is 5.82 Å². The molecule has 0 aliphatic carbocycles. The van der Waals surface area contributed by atoms with E-state index in [2.05, 4.69) is 6.58 Å². The second-order valence-electron chi connectivity index (χ2n) is 7.45. The lowest BCUT2D eigenvalue weighted by Gasteiger charge is -2.16. The second-order valence-corrected chi connectivity index (χ2v) is 7.45. The van der Waals surface area contributed by atoms with E-state index in [1.807, 2.05) is 71.4 Å². The van der Waals surface area contributed by atoms with Crippen LogP contribution in [0.25, 0.3) is 16.9 Å². The Labute approximate surface area is 179 Å². The van der Waals surface area contributed by atoms with Crippen molar-refractivity contribution >= 4 is 5.97 Å². The molecule has 4 aromatic rings. The van der Waals surface area contributed by atoms with Gasteiger partial charge >= 0.3 is 5.97 Å². The van der Waals surface area contributed by atoms with Crippen molar-refractivity contribution in [2.45, 2.75) is 12.0 Å². The number of carbonyl (C=O) groups excluding carboxylic acids is 1. The van der Waals surface area contributed by atoms with Crippen molar-refractivity contribution in [3.8, 4) is 16.9 Å². The number of benzene rings is 3. The molecule has 4 nitrogen and oxygen atoms in total. The standard InChI is InChI=1S/C26H19FN2O2/c1-17-24(19-12-14-20(27)15-13-19)25(31-26(17)30)22-16-23(18-8-4-2-5-9-18)29(28-22)21-10-6-3-7-11-21/h2-16,24-25H,1H2. The summed E-state index contributed by atoms with van der Waals surface area (Å²) in [6.45, 7) is 3.93. The molecule has 1 aromatic heterocycles. The Morgan fingerprint density at radius 3 is 2.23 bits per heavy atom. The lowest BCUT2D eigenvalue weighted by molar-refractivity contribution is -0.139. The second kappa shape index (κ2) is 7.69. The molecule has 31 heavy (non-hydrogen) atoms. The molecule has 5 heteroatoms. The molecule has 2 unspecified atom stereocenters. The number of esters is 1. The monoisotopic (exact) mass is 410 g/mol. The van der Waals surface area contributed by atoms with Crippen LogP contribution in [0.4, 0.5) is 4.39 Å². The van der Waals surface area contributed by atoms with Crippen LogP contribution in [0.2, 0.25) is 0 Å². The number of nitrogens with zero attached hydrogens (tertiary/aromatic N) is 2. The summed E-state index contributed by atoms with van der Waals surface area (Å²) in [6, 6.07) is 27.7. The minimum atomic E-state index is -0.641. The largest absolute Gasteiger partial charge is 0.451 e. The molecular formula is C26H19FN2O2. The van der Waals surface area contributed by atoms with Gasteiger partial charge in [0.2, 0.25) is 0 Å². The molecule has 1 aliphatic heterocycles. The maximum Gasteiger partial charge on any atom is 0.334 e. The first-order chi connectivity index (χ1) is 15.1. The quantitative estimate of drug-likeness (QED) is 0.324. The average molecular weight is 410 g/mol. The first kappa shape index (κ1) is 19.0. The third-order valence-corrected chi connectivity index (χ3v) is 5.49. The fourth-order valence-electron chi connectivity index (χ4n) is 3.96. The Hall–Kier alpha value is -3.99. The molecule has 1 aliphatic rings. The Balaban J connectivity index is 1.64. The molecule has 0 bridgehead atoms. The summed E-state index contributed by atoms with van der Waals surface area (Å²) in [5.74, 6) is -1.23. The normalized spacial score (nSPS) is 18.2. The van der Waals surface area contributed by atoms with E-state index in [1.165, 1.54) is 12.1 Å². The smallest absolute Gasteiger partial charge is 0.334 e. The SMILES string of the molecule is C=C1C(=O)OC(c2cc(-c3ccccc3)n(-c3ccccc3)n2)C1c1ccc(F)cc1. The summed E-state index contributed by atoms with van der Waals surface area (Å²) in [5, 5.41) is 4.83. The molecule has 0 radical (unpaired) electrons. The van der Waals surface area contributed by atoms with Crippen LogP contribution in [0.3, 0.4) is 0 Å². The Morgan fingerprint density at radius 2 is 1.55 bits per heavy atom. The lowest BCUT2D eigenvalue weighted by Crippen LogP contribution is -2.09. The predicted molar refractivity (Wildman–Crippen MR) is 116 cm³/mol. The molecule has 152 valence electrons. The third-order valence-electron chi connectivity index (χ3n) is 5.49. The lowest BCUT2D eigenvalue weighted by atomic mass is 9.88. The van der Waals surface area contributed by atoms with E-state index < -0.39 is 18.0 Å². The number of hydrogen-bond acceptors (Lipinski definition) is 3. The van der Waals surface area contributed by atoms with E-state index in [1.54, 1.807) is 12.1 Å². The van der Waals surface area contributed by atoms with Gasteiger partial charge in [-0.25, -0.2) is 13.9 Å². The van der Waals surface area contributed by atoms with Gasteiger partial charge in [0.05, 0.1) is 17.3 Å². The number of ether oxygens (including phenoxy) is 1. The number of para-hydroxylation sites is 1. The Bertz CT molecular complexity index is 1190. The molecule has 2 heterocycles. The van der Waals surface area contributed by atoms with E-state index in [0.29, 0.717) is 11.3 Å². The van der Waals surface area contributed by atoms with Gasteiger partial charge in [0.25, 0.3) is 0 Å². The van der Waals surface area contributed by atoms with E-state index in [0.717, 1.165) is 22.5 Å². The zero-order valence-electron chi connectivity index (χ0n) is 16.6. The Kier molecular flexibility index (Phi) is 4.71. The summed E-state index contributed by atoms with van der Waals surface area (Å²) in [4.78, 5) is 12.4. The molecule has 1 saturated heterocycles. The van der Waals surface area contributed by atoms with Crippen LogP contribution >= 0.6 is 0 Å². The average Bonchev–Trinajstić information content (AvgIpc) is 3.38. The summed E-state index contributed by atoms with van der Waals surface area (Å²) >= 11 is 0. The molecule has 0 spiro atoms. The summed E-state index contributed by atoms with van der Waals surface area (Å²) in [6.07, 6.45) is -0.641. The summed E-state index contributed by atoms with van der Waals surface area (Å²) in [5.41, 5.74) is 4.49. The van der Waals surface area contributed by atoms with Crippen molar-refractivity contribution in [2.75, 3.05) is 0 Å². The number of rotatable bonds is 4. The van der Waals surface area contributed by atoms with E-state index in [4.69, 9.17) is 9.84 Å². The van der Waals surface area contributed by atoms with Gasteiger partial charge < -0.3 is 4.74 Å². The molecule has 3 aromatic carbocycles. The molecule has 1 fully saturated rings. The van der Waals surface area contributed by atoms with Crippen LogP contribution < -0.4 is 0 Å². The topological polar surface area (TPSA) is 44.1 Å². The van der Waals surface area contributed by atoms with Crippen LogP contribution in [0.1, 0.15) is 23.3 Å². The zero-order valence-corrected chi connectivity index (χ0v) is 16.6. The number of halogens is 1. The summed E-state index contributed by atoms with van der Waals surface area (Å²) < 4.78 is 21.0. The number of aromatic nitrogens is 2. The van der Waals surface area contributed by atoms with Crippen molar-refractivity contribution in [3.63, 3.8) is 0 Å². The third kappa shape index (κ3) is 3.44. The minimum absolute atomic E-state index is 0.337. The van der Waals surface area contributed by atoms with Crippen LogP contribution in [0.5, 0.6) is 0 Å². The van der Waals surface area contributed by atoms with Crippen molar-refractivity contribution in [2.24, 2.45) is 0 Å². The van der Waals surface area contributed by atoms with Crippen molar-refractivity contribution < 1.29 is 13.9 Å². The van der Waals surface area contributed by atoms with Gasteiger partial charge in [-0.05, 0) is 35.9 Å². The molecule has 0 N–H and O–H groups in total. The van der Waals surface area contributed by atoms with Crippen molar-refractivity contribution in [1.29, 1.82) is 0 Å². The van der Waals surface area contributed by atoms with Crippen LogP contribution in [-0.4, -0.2) is 15.7 Å². The molecule has 0 saturated carbocycles. The van der Waals surface area contributed by atoms with Crippen molar-refractivity contribution in [1.82, 2.24) is 9.78 Å². The van der Waals surface area contributed by atoms with Gasteiger partial charge in [0.1, 0.15) is 11.5 Å². The van der Waals surface area contributed by atoms with Crippen LogP contribution in [0, 0.1) is 5.82 Å². The van der Waals surface area contributed by atoms with Gasteiger partial charge in [0, 0.05) is 11.1 Å². The molecule has 0 amide bonds.